The molecule has 0 aliphatic heterocycles. The Morgan fingerprint density at radius 1 is 1.00 bits per heavy atom. The second-order valence-electron chi connectivity index (χ2n) is 9.17. The van der Waals surface area contributed by atoms with Crippen molar-refractivity contribution >= 4 is 5.97 Å². The van der Waals surface area contributed by atoms with Crippen LogP contribution in [-0.2, 0) is 15.6 Å². The van der Waals surface area contributed by atoms with Gasteiger partial charge in [-0.25, -0.2) is 0 Å². The number of carboxylic acids is 1. The van der Waals surface area contributed by atoms with Crippen LogP contribution < -0.4 is 0 Å². The second kappa shape index (κ2) is 6.26. The average molecular weight is 351 g/mol. The molecular formula is C24H30O2. The summed E-state index contributed by atoms with van der Waals surface area (Å²) in [5.74, 6) is -1.28. The van der Waals surface area contributed by atoms with Gasteiger partial charge >= 0.3 is 5.97 Å². The molecule has 0 saturated heterocycles. The molecule has 0 spiro atoms. The van der Waals surface area contributed by atoms with Crippen LogP contribution in [0.1, 0.15) is 75.6 Å². The summed E-state index contributed by atoms with van der Waals surface area (Å²) in [5, 5.41) is 9.34. The van der Waals surface area contributed by atoms with E-state index < -0.39 is 11.9 Å². The molecule has 26 heavy (non-hydrogen) atoms. The van der Waals surface area contributed by atoms with E-state index in [1.807, 2.05) is 18.2 Å². The highest BCUT2D eigenvalue weighted by Crippen LogP contribution is 2.47. The third-order valence-corrected chi connectivity index (χ3v) is 6.27. The van der Waals surface area contributed by atoms with Crippen LogP contribution in [0.2, 0.25) is 0 Å². The minimum Gasteiger partial charge on any atom is -0.481 e. The highest BCUT2D eigenvalue weighted by Gasteiger charge is 2.37. The van der Waals surface area contributed by atoms with Crippen LogP contribution in [0, 0.1) is 6.92 Å². The van der Waals surface area contributed by atoms with Gasteiger partial charge in [0.1, 0.15) is 0 Å². The molecule has 0 saturated carbocycles. The molecule has 3 rings (SSSR count). The Labute approximate surface area is 157 Å². The molecule has 2 aromatic rings. The fraction of sp³-hybridized carbons (Fsp3) is 0.458. The highest BCUT2D eigenvalue weighted by molar-refractivity contribution is 5.77. The lowest BCUT2D eigenvalue weighted by Crippen LogP contribution is -2.34. The van der Waals surface area contributed by atoms with Crippen LogP contribution in [0.4, 0.5) is 0 Å². The summed E-state index contributed by atoms with van der Waals surface area (Å²) in [5.41, 5.74) is 7.70. The molecule has 0 bridgehead atoms. The SMILES string of the molecule is Cc1cc2c(cc1-c1cccc(C(C)C(=O)O)c1)C(C)(C)CCC2(C)C. The molecular weight excluding hydrogens is 320 g/mol. The van der Waals surface area contributed by atoms with Crippen molar-refractivity contribution in [1.82, 2.24) is 0 Å². The zero-order chi connectivity index (χ0) is 19.3. The summed E-state index contributed by atoms with van der Waals surface area (Å²) in [7, 11) is 0. The molecule has 2 heteroatoms. The molecule has 1 N–H and O–H groups in total. The monoisotopic (exact) mass is 350 g/mol. The lowest BCUT2D eigenvalue weighted by Gasteiger charge is -2.42. The summed E-state index contributed by atoms with van der Waals surface area (Å²) in [6.45, 7) is 13.3. The van der Waals surface area contributed by atoms with Gasteiger partial charge in [0.25, 0.3) is 0 Å². The maximum Gasteiger partial charge on any atom is 0.310 e. The Kier molecular flexibility index (Phi) is 4.50. The molecule has 0 aromatic heterocycles. The topological polar surface area (TPSA) is 37.3 Å². The Bertz CT molecular complexity index is 859. The van der Waals surface area contributed by atoms with Gasteiger partial charge in [0.05, 0.1) is 5.92 Å². The van der Waals surface area contributed by atoms with Crippen LogP contribution in [0.5, 0.6) is 0 Å². The van der Waals surface area contributed by atoms with Gasteiger partial charge in [-0.1, -0.05) is 64.1 Å². The Balaban J connectivity index is 2.16. The third-order valence-electron chi connectivity index (χ3n) is 6.27. The van der Waals surface area contributed by atoms with Crippen molar-refractivity contribution in [1.29, 1.82) is 0 Å². The van der Waals surface area contributed by atoms with Crippen molar-refractivity contribution in [2.45, 2.75) is 71.1 Å². The molecule has 2 aromatic carbocycles. The summed E-state index contributed by atoms with van der Waals surface area (Å²) >= 11 is 0. The standard InChI is InChI=1S/C24H30O2/c1-15-12-20-21(24(5,6)11-10-23(20,3)4)14-19(15)18-9-7-8-17(13-18)16(2)22(25)26/h7-9,12-14,16H,10-11H2,1-6H3,(H,25,26). The first-order chi connectivity index (χ1) is 12.0. The number of benzene rings is 2. The van der Waals surface area contributed by atoms with Crippen molar-refractivity contribution in [2.24, 2.45) is 0 Å². The van der Waals surface area contributed by atoms with Gasteiger partial charge in [0.2, 0.25) is 0 Å². The predicted molar refractivity (Wildman–Crippen MR) is 108 cm³/mol. The van der Waals surface area contributed by atoms with Crippen molar-refractivity contribution in [3.63, 3.8) is 0 Å². The lowest BCUT2D eigenvalue weighted by atomic mass is 9.62. The van der Waals surface area contributed by atoms with Gasteiger partial charge in [-0.05, 0) is 70.9 Å². The second-order valence-corrected chi connectivity index (χ2v) is 9.17. The number of aliphatic carboxylic acids is 1. The predicted octanol–water partition coefficient (Wildman–Crippen LogP) is 6.20. The zero-order valence-electron chi connectivity index (χ0n) is 16.8. The van der Waals surface area contributed by atoms with Crippen molar-refractivity contribution < 1.29 is 9.90 Å². The van der Waals surface area contributed by atoms with E-state index in [-0.39, 0.29) is 10.8 Å². The molecule has 1 aliphatic carbocycles. The van der Waals surface area contributed by atoms with Gasteiger partial charge in [0.15, 0.2) is 0 Å². The van der Waals surface area contributed by atoms with E-state index in [0.29, 0.717) is 0 Å². The summed E-state index contributed by atoms with van der Waals surface area (Å²) in [6, 6.07) is 12.7. The van der Waals surface area contributed by atoms with Crippen molar-refractivity contribution in [2.75, 3.05) is 0 Å². The number of aryl methyl sites for hydroxylation is 1. The molecule has 0 radical (unpaired) electrons. The molecule has 2 nitrogen and oxygen atoms in total. The van der Waals surface area contributed by atoms with Gasteiger partial charge < -0.3 is 5.11 Å². The lowest BCUT2D eigenvalue weighted by molar-refractivity contribution is -0.138. The van der Waals surface area contributed by atoms with Crippen LogP contribution in [0.3, 0.4) is 0 Å². The molecule has 0 fully saturated rings. The largest absolute Gasteiger partial charge is 0.481 e. The Morgan fingerprint density at radius 3 is 2.15 bits per heavy atom. The van der Waals surface area contributed by atoms with Crippen LogP contribution >= 0.6 is 0 Å². The van der Waals surface area contributed by atoms with Crippen molar-refractivity contribution in [3.05, 3.63) is 58.7 Å². The number of carboxylic acid groups (broad SMARTS) is 1. The summed E-state index contributed by atoms with van der Waals surface area (Å²) < 4.78 is 0. The maximum atomic E-state index is 11.4. The van der Waals surface area contributed by atoms with E-state index in [1.54, 1.807) is 6.92 Å². The molecule has 1 atom stereocenters. The summed E-state index contributed by atoms with van der Waals surface area (Å²) in [4.78, 5) is 11.4. The minimum atomic E-state index is -0.785. The van der Waals surface area contributed by atoms with Crippen LogP contribution in [-0.4, -0.2) is 11.1 Å². The van der Waals surface area contributed by atoms with Crippen LogP contribution in [0.15, 0.2) is 36.4 Å². The van der Waals surface area contributed by atoms with E-state index in [2.05, 4.69) is 52.8 Å². The number of carbonyl (C=O) groups is 1. The molecule has 138 valence electrons. The van der Waals surface area contributed by atoms with Gasteiger partial charge in [-0.15, -0.1) is 0 Å². The third kappa shape index (κ3) is 3.18. The number of hydrogen-bond donors (Lipinski definition) is 1. The van der Waals surface area contributed by atoms with Gasteiger partial charge in [-0.3, -0.25) is 4.79 Å². The first-order valence-electron chi connectivity index (χ1n) is 9.52. The fourth-order valence-corrected chi connectivity index (χ4v) is 4.15. The van der Waals surface area contributed by atoms with E-state index in [4.69, 9.17) is 0 Å². The fourth-order valence-electron chi connectivity index (χ4n) is 4.15. The van der Waals surface area contributed by atoms with E-state index in [0.717, 1.165) is 11.1 Å². The zero-order valence-corrected chi connectivity index (χ0v) is 16.8. The number of hydrogen-bond acceptors (Lipinski definition) is 1. The maximum absolute atomic E-state index is 11.4. The highest BCUT2D eigenvalue weighted by atomic mass is 16.4. The average Bonchev–Trinajstić information content (AvgIpc) is 2.58. The van der Waals surface area contributed by atoms with Crippen LogP contribution in [0.25, 0.3) is 11.1 Å². The van der Waals surface area contributed by atoms with E-state index >= 15 is 0 Å². The molecule has 0 heterocycles. The Hall–Kier alpha value is -2.09. The molecule has 1 aliphatic rings. The van der Waals surface area contributed by atoms with Gasteiger partial charge in [-0.2, -0.15) is 0 Å². The number of fused-ring (bicyclic) bond motifs is 1. The van der Waals surface area contributed by atoms with E-state index in [1.165, 1.54) is 35.1 Å². The first-order valence-corrected chi connectivity index (χ1v) is 9.52. The first kappa shape index (κ1) is 18.7. The summed E-state index contributed by atoms with van der Waals surface area (Å²) in [6.07, 6.45) is 2.39. The minimum absolute atomic E-state index is 0.166. The quantitative estimate of drug-likeness (QED) is 0.715. The van der Waals surface area contributed by atoms with Crippen molar-refractivity contribution in [3.8, 4) is 11.1 Å². The number of rotatable bonds is 3. The molecule has 1 unspecified atom stereocenters. The molecule has 0 amide bonds. The Morgan fingerprint density at radius 2 is 1.58 bits per heavy atom. The normalized spacial score (nSPS) is 18.8. The smallest absolute Gasteiger partial charge is 0.310 e. The van der Waals surface area contributed by atoms with Gasteiger partial charge in [0, 0.05) is 0 Å². The van der Waals surface area contributed by atoms with E-state index in [9.17, 15) is 9.90 Å².